The minimum atomic E-state index is 0.752. The fourth-order valence-corrected chi connectivity index (χ4v) is 2.68. The van der Waals surface area contributed by atoms with E-state index in [2.05, 4.69) is 61.0 Å². The Morgan fingerprint density at radius 3 is 2.67 bits per heavy atom. The molecule has 0 aliphatic carbocycles. The average molecular weight is 286 g/mol. The van der Waals surface area contributed by atoms with E-state index in [4.69, 9.17) is 4.74 Å². The Morgan fingerprint density at radius 1 is 1.14 bits per heavy atom. The van der Waals surface area contributed by atoms with Crippen LogP contribution in [-0.4, -0.2) is 24.8 Å². The molecule has 3 nitrogen and oxygen atoms in total. The van der Waals surface area contributed by atoms with Gasteiger partial charge in [0, 0.05) is 38.1 Å². The Kier molecular flexibility index (Phi) is 5.59. The fraction of sp³-hybridized carbons (Fsp3) is 0.444. The van der Waals surface area contributed by atoms with Gasteiger partial charge in [-0.05, 0) is 38.0 Å². The monoisotopic (exact) mass is 286 g/mol. The molecule has 0 atom stereocenters. The summed E-state index contributed by atoms with van der Waals surface area (Å²) in [4.78, 5) is 0. The largest absolute Gasteiger partial charge is 0.383 e. The molecule has 0 fully saturated rings. The first-order valence-corrected chi connectivity index (χ1v) is 7.52. The fourth-order valence-electron chi connectivity index (χ4n) is 2.68. The SMILES string of the molecule is COCCNCc1cc(C)n(Cc2cccc(C)c2)c1C. The quantitative estimate of drug-likeness (QED) is 0.791. The van der Waals surface area contributed by atoms with E-state index in [1.807, 2.05) is 0 Å². The van der Waals surface area contributed by atoms with Crippen molar-refractivity contribution < 1.29 is 4.74 Å². The van der Waals surface area contributed by atoms with Crippen LogP contribution in [0.3, 0.4) is 0 Å². The number of nitrogens with one attached hydrogen (secondary N) is 1. The zero-order valence-corrected chi connectivity index (χ0v) is 13.6. The van der Waals surface area contributed by atoms with Crippen LogP contribution in [0.4, 0.5) is 0 Å². The lowest BCUT2D eigenvalue weighted by Crippen LogP contribution is -2.18. The molecule has 0 radical (unpaired) electrons. The zero-order chi connectivity index (χ0) is 15.2. The molecule has 1 aromatic heterocycles. The van der Waals surface area contributed by atoms with Crippen LogP contribution < -0.4 is 5.32 Å². The topological polar surface area (TPSA) is 26.2 Å². The highest BCUT2D eigenvalue weighted by Gasteiger charge is 2.09. The van der Waals surface area contributed by atoms with Crippen LogP contribution in [0.25, 0.3) is 0 Å². The van der Waals surface area contributed by atoms with Crippen molar-refractivity contribution in [3.63, 3.8) is 0 Å². The van der Waals surface area contributed by atoms with Gasteiger partial charge in [-0.25, -0.2) is 0 Å². The van der Waals surface area contributed by atoms with Crippen LogP contribution in [0.1, 0.15) is 28.1 Å². The maximum atomic E-state index is 5.06. The lowest BCUT2D eigenvalue weighted by molar-refractivity contribution is 0.199. The van der Waals surface area contributed by atoms with Gasteiger partial charge in [0.25, 0.3) is 0 Å². The average Bonchev–Trinajstić information content (AvgIpc) is 2.71. The zero-order valence-electron chi connectivity index (χ0n) is 13.6. The second-order valence-corrected chi connectivity index (χ2v) is 5.64. The number of rotatable bonds is 7. The second-order valence-electron chi connectivity index (χ2n) is 5.64. The molecule has 3 heteroatoms. The van der Waals surface area contributed by atoms with Gasteiger partial charge in [-0.1, -0.05) is 29.8 Å². The Hall–Kier alpha value is -1.58. The van der Waals surface area contributed by atoms with E-state index in [1.54, 1.807) is 7.11 Å². The van der Waals surface area contributed by atoms with Crippen LogP contribution >= 0.6 is 0 Å². The summed E-state index contributed by atoms with van der Waals surface area (Å²) in [6.45, 7) is 10.0. The molecule has 21 heavy (non-hydrogen) atoms. The van der Waals surface area contributed by atoms with E-state index in [0.29, 0.717) is 0 Å². The maximum Gasteiger partial charge on any atom is 0.0587 e. The van der Waals surface area contributed by atoms with Crippen molar-refractivity contribution in [2.75, 3.05) is 20.3 Å². The number of ether oxygens (including phenoxy) is 1. The first-order chi connectivity index (χ1) is 10.1. The summed E-state index contributed by atoms with van der Waals surface area (Å²) in [6, 6.07) is 11.0. The molecule has 0 bridgehead atoms. The van der Waals surface area contributed by atoms with Crippen molar-refractivity contribution in [3.8, 4) is 0 Å². The van der Waals surface area contributed by atoms with Gasteiger partial charge in [0.2, 0.25) is 0 Å². The van der Waals surface area contributed by atoms with Gasteiger partial charge in [0.15, 0.2) is 0 Å². The van der Waals surface area contributed by atoms with Crippen molar-refractivity contribution >= 4 is 0 Å². The molecule has 2 rings (SSSR count). The number of methoxy groups -OCH3 is 1. The number of nitrogens with zero attached hydrogens (tertiary/aromatic N) is 1. The molecule has 0 saturated heterocycles. The molecule has 1 heterocycles. The second kappa shape index (κ2) is 7.43. The molecule has 1 aromatic carbocycles. The van der Waals surface area contributed by atoms with Crippen molar-refractivity contribution in [1.29, 1.82) is 0 Å². The van der Waals surface area contributed by atoms with Gasteiger partial charge in [0.05, 0.1) is 6.61 Å². The van der Waals surface area contributed by atoms with Crippen LogP contribution in [0.15, 0.2) is 30.3 Å². The molecule has 0 aliphatic heterocycles. The lowest BCUT2D eigenvalue weighted by Gasteiger charge is -2.11. The summed E-state index contributed by atoms with van der Waals surface area (Å²) in [7, 11) is 1.73. The third-order valence-electron chi connectivity index (χ3n) is 3.90. The van der Waals surface area contributed by atoms with E-state index in [9.17, 15) is 0 Å². The van der Waals surface area contributed by atoms with Crippen LogP contribution in [0, 0.1) is 20.8 Å². The molecule has 0 saturated carbocycles. The summed E-state index contributed by atoms with van der Waals surface area (Å²) >= 11 is 0. The van der Waals surface area contributed by atoms with Crippen molar-refractivity contribution in [3.05, 3.63) is 58.4 Å². The molecule has 0 unspecified atom stereocenters. The summed E-state index contributed by atoms with van der Waals surface area (Å²) in [5.41, 5.74) is 6.71. The minimum Gasteiger partial charge on any atom is -0.383 e. The molecular formula is C18H26N2O. The Labute approximate surface area is 127 Å². The Bertz CT molecular complexity index is 587. The summed E-state index contributed by atoms with van der Waals surface area (Å²) < 4.78 is 7.45. The van der Waals surface area contributed by atoms with E-state index >= 15 is 0 Å². The van der Waals surface area contributed by atoms with E-state index in [-0.39, 0.29) is 0 Å². The number of benzene rings is 1. The highest BCUT2D eigenvalue weighted by atomic mass is 16.5. The van der Waals surface area contributed by atoms with Gasteiger partial charge in [0.1, 0.15) is 0 Å². The maximum absolute atomic E-state index is 5.06. The smallest absolute Gasteiger partial charge is 0.0587 e. The highest BCUT2D eigenvalue weighted by molar-refractivity contribution is 5.29. The molecule has 0 aliphatic rings. The van der Waals surface area contributed by atoms with E-state index in [0.717, 1.165) is 26.2 Å². The first kappa shape index (κ1) is 15.8. The number of aromatic nitrogens is 1. The van der Waals surface area contributed by atoms with Crippen LogP contribution in [-0.2, 0) is 17.8 Å². The van der Waals surface area contributed by atoms with Gasteiger partial charge >= 0.3 is 0 Å². The predicted octanol–water partition coefficient (Wildman–Crippen LogP) is 3.20. The van der Waals surface area contributed by atoms with Crippen molar-refractivity contribution in [2.24, 2.45) is 0 Å². The third-order valence-corrected chi connectivity index (χ3v) is 3.90. The van der Waals surface area contributed by atoms with Crippen LogP contribution in [0.5, 0.6) is 0 Å². The Balaban J connectivity index is 2.08. The molecule has 114 valence electrons. The van der Waals surface area contributed by atoms with Crippen molar-refractivity contribution in [1.82, 2.24) is 9.88 Å². The van der Waals surface area contributed by atoms with Crippen molar-refractivity contribution in [2.45, 2.75) is 33.9 Å². The molecule has 0 spiro atoms. The Morgan fingerprint density at radius 2 is 1.95 bits per heavy atom. The normalized spacial score (nSPS) is 11.0. The van der Waals surface area contributed by atoms with Gasteiger partial charge < -0.3 is 14.6 Å². The van der Waals surface area contributed by atoms with E-state index in [1.165, 1.54) is 28.1 Å². The summed E-state index contributed by atoms with van der Waals surface area (Å²) in [5.74, 6) is 0. The third kappa shape index (κ3) is 4.19. The number of hydrogen-bond acceptors (Lipinski definition) is 2. The minimum absolute atomic E-state index is 0.752. The number of hydrogen-bond donors (Lipinski definition) is 1. The van der Waals surface area contributed by atoms with Crippen LogP contribution in [0.2, 0.25) is 0 Å². The molecular weight excluding hydrogens is 260 g/mol. The molecule has 2 aromatic rings. The highest BCUT2D eigenvalue weighted by Crippen LogP contribution is 2.17. The number of aryl methyl sites for hydroxylation is 2. The first-order valence-electron chi connectivity index (χ1n) is 7.52. The summed E-state index contributed by atoms with van der Waals surface area (Å²) in [5, 5.41) is 3.42. The summed E-state index contributed by atoms with van der Waals surface area (Å²) in [6.07, 6.45) is 0. The lowest BCUT2D eigenvalue weighted by atomic mass is 10.1. The van der Waals surface area contributed by atoms with Gasteiger partial charge in [-0.15, -0.1) is 0 Å². The molecule has 0 amide bonds. The standard InChI is InChI=1S/C18H26N2O/c1-14-6-5-7-17(10-14)13-20-15(2)11-18(16(20)3)12-19-8-9-21-4/h5-7,10-11,19H,8-9,12-13H2,1-4H3. The van der Waals surface area contributed by atoms with Gasteiger partial charge in [-0.3, -0.25) is 0 Å². The molecule has 1 N–H and O–H groups in total. The van der Waals surface area contributed by atoms with Gasteiger partial charge in [-0.2, -0.15) is 0 Å². The predicted molar refractivity (Wildman–Crippen MR) is 87.8 cm³/mol. The van der Waals surface area contributed by atoms with E-state index < -0.39 is 0 Å².